The maximum atomic E-state index is 4.23. The quantitative estimate of drug-likeness (QED) is 0.908. The molecule has 90 valence electrons. The van der Waals surface area contributed by atoms with E-state index in [0.717, 1.165) is 17.4 Å². The predicted octanol–water partition coefficient (Wildman–Crippen LogP) is 3.80. The maximum Gasteiger partial charge on any atom is 0.0410 e. The number of pyridine rings is 1. The number of aromatic nitrogens is 1. The zero-order valence-electron chi connectivity index (χ0n) is 9.69. The molecule has 2 aromatic rings. The Morgan fingerprint density at radius 2 is 2.35 bits per heavy atom. The second kappa shape index (κ2) is 6.28. The van der Waals surface area contributed by atoms with Crippen LogP contribution in [-0.4, -0.2) is 11.5 Å². The summed E-state index contributed by atoms with van der Waals surface area (Å²) in [6.45, 7) is 3.09. The number of hydrogen-bond acceptors (Lipinski definition) is 3. The Bertz CT molecular complexity index is 456. The molecular weight excluding hydrogens is 296 g/mol. The second-order valence-electron chi connectivity index (χ2n) is 3.88. The van der Waals surface area contributed by atoms with E-state index in [1.165, 1.54) is 11.1 Å². The number of hydrogen-bond donors (Lipinski definition) is 1. The molecule has 0 radical (unpaired) electrons. The van der Waals surface area contributed by atoms with Gasteiger partial charge in [0.05, 0.1) is 0 Å². The Balaban J connectivity index is 2.16. The van der Waals surface area contributed by atoms with Gasteiger partial charge in [-0.2, -0.15) is 11.3 Å². The standard InChI is InChI=1S/C13H15BrN2S/c1-2-16-13(5-10-3-4-17-9-10)11-6-12(14)8-15-7-11/h3-4,6-9,13,16H,2,5H2,1H3. The average Bonchev–Trinajstić information content (AvgIpc) is 2.81. The average molecular weight is 311 g/mol. The van der Waals surface area contributed by atoms with Crippen molar-refractivity contribution in [2.24, 2.45) is 0 Å². The van der Waals surface area contributed by atoms with E-state index in [1.807, 2.05) is 12.4 Å². The largest absolute Gasteiger partial charge is 0.310 e. The molecule has 0 aliphatic rings. The predicted molar refractivity (Wildman–Crippen MR) is 76.4 cm³/mol. The van der Waals surface area contributed by atoms with Crippen molar-refractivity contribution in [3.05, 3.63) is 50.9 Å². The third-order valence-electron chi connectivity index (χ3n) is 2.60. The number of nitrogens with zero attached hydrogens (tertiary/aromatic N) is 1. The summed E-state index contributed by atoms with van der Waals surface area (Å²) in [7, 11) is 0. The second-order valence-corrected chi connectivity index (χ2v) is 5.58. The number of nitrogens with one attached hydrogen (secondary N) is 1. The summed E-state index contributed by atoms with van der Waals surface area (Å²) in [6, 6.07) is 4.65. The highest BCUT2D eigenvalue weighted by Gasteiger charge is 2.12. The number of likely N-dealkylation sites (N-methyl/N-ethyl adjacent to an activating group) is 1. The molecule has 0 aromatic carbocycles. The van der Waals surface area contributed by atoms with Gasteiger partial charge in [-0.15, -0.1) is 0 Å². The van der Waals surface area contributed by atoms with Crippen LogP contribution >= 0.6 is 27.3 Å². The molecule has 0 bridgehead atoms. The van der Waals surface area contributed by atoms with Gasteiger partial charge in [-0.3, -0.25) is 4.98 Å². The van der Waals surface area contributed by atoms with Gasteiger partial charge < -0.3 is 5.32 Å². The minimum Gasteiger partial charge on any atom is -0.310 e. The molecule has 2 heterocycles. The van der Waals surface area contributed by atoms with Gasteiger partial charge in [0.1, 0.15) is 0 Å². The summed E-state index contributed by atoms with van der Waals surface area (Å²) in [6.07, 6.45) is 4.76. The van der Waals surface area contributed by atoms with Crippen LogP contribution in [0.3, 0.4) is 0 Å². The maximum absolute atomic E-state index is 4.23. The zero-order valence-corrected chi connectivity index (χ0v) is 12.1. The zero-order chi connectivity index (χ0) is 12.1. The van der Waals surface area contributed by atoms with Crippen molar-refractivity contribution in [2.75, 3.05) is 6.54 Å². The molecule has 0 spiro atoms. The van der Waals surface area contributed by atoms with E-state index in [9.17, 15) is 0 Å². The number of rotatable bonds is 5. The van der Waals surface area contributed by atoms with Crippen LogP contribution in [0, 0.1) is 0 Å². The lowest BCUT2D eigenvalue weighted by atomic mass is 10.0. The molecule has 0 fully saturated rings. The van der Waals surface area contributed by atoms with E-state index in [4.69, 9.17) is 0 Å². The lowest BCUT2D eigenvalue weighted by Crippen LogP contribution is -2.22. The van der Waals surface area contributed by atoms with Crippen molar-refractivity contribution in [1.82, 2.24) is 10.3 Å². The molecule has 1 N–H and O–H groups in total. The molecule has 0 saturated heterocycles. The van der Waals surface area contributed by atoms with E-state index in [2.05, 4.69) is 56.0 Å². The third-order valence-corrected chi connectivity index (χ3v) is 3.76. The van der Waals surface area contributed by atoms with Gasteiger partial charge in [0.25, 0.3) is 0 Å². The first-order valence-corrected chi connectivity index (χ1v) is 7.38. The topological polar surface area (TPSA) is 24.9 Å². The first-order chi connectivity index (χ1) is 8.29. The fourth-order valence-corrected chi connectivity index (χ4v) is 2.88. The van der Waals surface area contributed by atoms with Crippen molar-refractivity contribution >= 4 is 27.3 Å². The smallest absolute Gasteiger partial charge is 0.0410 e. The summed E-state index contributed by atoms with van der Waals surface area (Å²) in [5.41, 5.74) is 2.60. The van der Waals surface area contributed by atoms with E-state index in [0.29, 0.717) is 6.04 Å². The minimum atomic E-state index is 0.333. The number of thiophene rings is 1. The monoisotopic (exact) mass is 310 g/mol. The Labute approximate surface area is 114 Å². The van der Waals surface area contributed by atoms with Crippen LogP contribution in [0.2, 0.25) is 0 Å². The SMILES string of the molecule is CCNC(Cc1ccsc1)c1cncc(Br)c1. The van der Waals surface area contributed by atoms with Crippen LogP contribution in [0.1, 0.15) is 24.1 Å². The molecule has 0 aliphatic heterocycles. The van der Waals surface area contributed by atoms with Gasteiger partial charge in [-0.25, -0.2) is 0 Å². The van der Waals surface area contributed by atoms with E-state index in [1.54, 1.807) is 11.3 Å². The van der Waals surface area contributed by atoms with E-state index in [-0.39, 0.29) is 0 Å². The molecule has 0 saturated carbocycles. The minimum absolute atomic E-state index is 0.333. The molecule has 1 unspecified atom stereocenters. The summed E-state index contributed by atoms with van der Waals surface area (Å²) < 4.78 is 1.03. The van der Waals surface area contributed by atoms with Gasteiger partial charge in [0.15, 0.2) is 0 Å². The fraction of sp³-hybridized carbons (Fsp3) is 0.308. The van der Waals surface area contributed by atoms with Gasteiger partial charge in [-0.05, 0) is 62.9 Å². The molecule has 0 aliphatic carbocycles. The van der Waals surface area contributed by atoms with Crippen LogP contribution in [0.15, 0.2) is 39.8 Å². The normalized spacial score (nSPS) is 12.6. The highest BCUT2D eigenvalue weighted by atomic mass is 79.9. The van der Waals surface area contributed by atoms with Crippen LogP contribution < -0.4 is 5.32 Å². The molecule has 1 atom stereocenters. The van der Waals surface area contributed by atoms with Gasteiger partial charge in [-0.1, -0.05) is 6.92 Å². The summed E-state index contributed by atoms with van der Waals surface area (Å²) in [5, 5.41) is 7.83. The lowest BCUT2D eigenvalue weighted by molar-refractivity contribution is 0.548. The highest BCUT2D eigenvalue weighted by Crippen LogP contribution is 2.21. The van der Waals surface area contributed by atoms with Gasteiger partial charge in [0, 0.05) is 22.9 Å². The molecule has 4 heteroatoms. The molecule has 17 heavy (non-hydrogen) atoms. The van der Waals surface area contributed by atoms with Gasteiger partial charge in [0.2, 0.25) is 0 Å². The van der Waals surface area contributed by atoms with Crippen LogP contribution in [0.5, 0.6) is 0 Å². The van der Waals surface area contributed by atoms with Crippen LogP contribution in [-0.2, 0) is 6.42 Å². The Morgan fingerprint density at radius 3 is 3.00 bits per heavy atom. The van der Waals surface area contributed by atoms with Crippen molar-refractivity contribution < 1.29 is 0 Å². The van der Waals surface area contributed by atoms with Crippen LogP contribution in [0.25, 0.3) is 0 Å². The Morgan fingerprint density at radius 1 is 1.47 bits per heavy atom. The Hall–Kier alpha value is -0.710. The summed E-state index contributed by atoms with van der Waals surface area (Å²) >= 11 is 5.22. The van der Waals surface area contributed by atoms with E-state index < -0.39 is 0 Å². The van der Waals surface area contributed by atoms with Crippen molar-refractivity contribution in [1.29, 1.82) is 0 Å². The van der Waals surface area contributed by atoms with Crippen molar-refractivity contribution in [3.8, 4) is 0 Å². The Kier molecular flexibility index (Phi) is 4.71. The first kappa shape index (κ1) is 12.7. The number of halogens is 1. The first-order valence-electron chi connectivity index (χ1n) is 5.64. The summed E-state index contributed by atoms with van der Waals surface area (Å²) in [4.78, 5) is 4.23. The lowest BCUT2D eigenvalue weighted by Gasteiger charge is -2.17. The van der Waals surface area contributed by atoms with Gasteiger partial charge >= 0.3 is 0 Å². The molecule has 2 nitrogen and oxygen atoms in total. The van der Waals surface area contributed by atoms with E-state index >= 15 is 0 Å². The molecule has 2 aromatic heterocycles. The molecule has 2 rings (SSSR count). The fourth-order valence-electron chi connectivity index (χ4n) is 1.82. The highest BCUT2D eigenvalue weighted by molar-refractivity contribution is 9.10. The summed E-state index contributed by atoms with van der Waals surface area (Å²) in [5.74, 6) is 0. The molecule has 0 amide bonds. The third kappa shape index (κ3) is 3.63. The van der Waals surface area contributed by atoms with Crippen molar-refractivity contribution in [2.45, 2.75) is 19.4 Å². The van der Waals surface area contributed by atoms with Crippen molar-refractivity contribution in [3.63, 3.8) is 0 Å². The molecular formula is C13H15BrN2S. The van der Waals surface area contributed by atoms with Crippen LogP contribution in [0.4, 0.5) is 0 Å².